The van der Waals surface area contributed by atoms with Crippen LogP contribution < -0.4 is 5.32 Å². The van der Waals surface area contributed by atoms with Crippen molar-refractivity contribution in [2.75, 3.05) is 11.9 Å². The van der Waals surface area contributed by atoms with E-state index in [0.29, 0.717) is 41.1 Å². The number of aromatic nitrogens is 7. The van der Waals surface area contributed by atoms with E-state index in [1.54, 1.807) is 30.9 Å². The summed E-state index contributed by atoms with van der Waals surface area (Å²) in [6.07, 6.45) is 7.48. The number of carbonyl (C=O) groups is 1. The molecule has 0 spiro atoms. The lowest BCUT2D eigenvalue weighted by Crippen LogP contribution is -2.10. The van der Waals surface area contributed by atoms with E-state index in [-0.39, 0.29) is 5.97 Å². The Balaban J connectivity index is 1.49. The van der Waals surface area contributed by atoms with Crippen LogP contribution in [0.3, 0.4) is 0 Å². The summed E-state index contributed by atoms with van der Waals surface area (Å²) in [5.74, 6) is 2.33. The first-order chi connectivity index (χ1) is 17.0. The number of carbonyl (C=O) groups excluding carboxylic acids is 1. The summed E-state index contributed by atoms with van der Waals surface area (Å²) in [5, 5.41) is 12.9. The van der Waals surface area contributed by atoms with Crippen LogP contribution in [-0.4, -0.2) is 47.1 Å². The van der Waals surface area contributed by atoms with Crippen molar-refractivity contribution in [3.63, 3.8) is 0 Å². The van der Waals surface area contributed by atoms with Gasteiger partial charge in [0, 0.05) is 36.1 Å². The van der Waals surface area contributed by atoms with Crippen molar-refractivity contribution in [1.82, 2.24) is 34.5 Å². The maximum atomic E-state index is 12.4. The number of nitrogens with zero attached hydrogens (tertiary/aromatic N) is 7. The molecule has 4 aromatic heterocycles. The standard InChI is InChI=1S/C25H28N8O2/c1-5-35-25(34)22-16(3)30-33(17(22)4)21-12-20(27-14-28-21)29-24-15(2)23(19-8-10-26-11-9-19)31-32(24)13-18-6-7-18/h8-12,14,18H,5-7,13H2,1-4H3,(H,27,28,29). The lowest BCUT2D eigenvalue weighted by atomic mass is 10.1. The molecule has 0 amide bonds. The number of hydrogen-bond donors (Lipinski definition) is 1. The fourth-order valence-electron chi connectivity index (χ4n) is 4.19. The smallest absolute Gasteiger partial charge is 0.341 e. The summed E-state index contributed by atoms with van der Waals surface area (Å²) in [7, 11) is 0. The minimum absolute atomic E-state index is 0.305. The lowest BCUT2D eigenvalue weighted by Gasteiger charge is -2.11. The van der Waals surface area contributed by atoms with Crippen molar-refractivity contribution >= 4 is 17.6 Å². The van der Waals surface area contributed by atoms with Crippen molar-refractivity contribution in [3.05, 3.63) is 59.4 Å². The average molecular weight is 473 g/mol. The van der Waals surface area contributed by atoms with Gasteiger partial charge in [0.05, 0.1) is 23.7 Å². The molecule has 1 N–H and O–H groups in total. The minimum atomic E-state index is -0.385. The Morgan fingerprint density at radius 1 is 1.14 bits per heavy atom. The van der Waals surface area contributed by atoms with E-state index in [1.807, 2.05) is 29.8 Å². The molecule has 4 aromatic rings. The van der Waals surface area contributed by atoms with E-state index in [9.17, 15) is 4.79 Å². The van der Waals surface area contributed by atoms with Crippen LogP contribution in [0.25, 0.3) is 17.1 Å². The number of pyridine rings is 1. The lowest BCUT2D eigenvalue weighted by molar-refractivity contribution is 0.0524. The number of anilines is 2. The quantitative estimate of drug-likeness (QED) is 0.380. The van der Waals surface area contributed by atoms with Gasteiger partial charge in [0.25, 0.3) is 0 Å². The second-order valence-corrected chi connectivity index (χ2v) is 8.75. The van der Waals surface area contributed by atoms with Crippen LogP contribution >= 0.6 is 0 Å². The van der Waals surface area contributed by atoms with Crippen LogP contribution in [0.5, 0.6) is 0 Å². The molecule has 1 aliphatic rings. The minimum Gasteiger partial charge on any atom is -0.462 e. The molecular formula is C25H28N8O2. The highest BCUT2D eigenvalue weighted by molar-refractivity contribution is 5.92. The summed E-state index contributed by atoms with van der Waals surface area (Å²) in [4.78, 5) is 25.4. The number of aryl methyl sites for hydroxylation is 1. The summed E-state index contributed by atoms with van der Waals surface area (Å²) < 4.78 is 8.87. The highest BCUT2D eigenvalue weighted by Crippen LogP contribution is 2.35. The van der Waals surface area contributed by atoms with Gasteiger partial charge in [-0.15, -0.1) is 0 Å². The van der Waals surface area contributed by atoms with E-state index in [2.05, 4.69) is 32.3 Å². The van der Waals surface area contributed by atoms with E-state index in [1.165, 1.54) is 19.2 Å². The Hall–Kier alpha value is -4.08. The third-order valence-corrected chi connectivity index (χ3v) is 6.16. The number of nitrogens with one attached hydrogen (secondary N) is 1. The van der Waals surface area contributed by atoms with Crippen LogP contribution in [-0.2, 0) is 11.3 Å². The molecule has 35 heavy (non-hydrogen) atoms. The second kappa shape index (κ2) is 9.28. The van der Waals surface area contributed by atoms with Crippen molar-refractivity contribution < 1.29 is 9.53 Å². The molecule has 5 rings (SSSR count). The summed E-state index contributed by atoms with van der Waals surface area (Å²) in [6.45, 7) is 8.62. The molecular weight excluding hydrogens is 444 g/mol. The van der Waals surface area contributed by atoms with Gasteiger partial charge in [0.2, 0.25) is 0 Å². The Kier molecular flexibility index (Phi) is 6.02. The van der Waals surface area contributed by atoms with E-state index in [4.69, 9.17) is 9.84 Å². The SMILES string of the molecule is CCOC(=O)c1c(C)nn(-c2cc(Nc3c(C)c(-c4ccncc4)nn3CC3CC3)ncn2)c1C. The van der Waals surface area contributed by atoms with Crippen LogP contribution in [0.4, 0.5) is 11.6 Å². The molecule has 10 nitrogen and oxygen atoms in total. The Bertz CT molecular complexity index is 1370. The third-order valence-electron chi connectivity index (χ3n) is 6.16. The van der Waals surface area contributed by atoms with Gasteiger partial charge in [-0.2, -0.15) is 10.2 Å². The molecule has 1 aliphatic carbocycles. The molecule has 0 unspecified atom stereocenters. The topological polar surface area (TPSA) is 113 Å². The molecule has 0 radical (unpaired) electrons. The van der Waals surface area contributed by atoms with Crippen molar-refractivity contribution in [2.24, 2.45) is 5.92 Å². The fraction of sp³-hybridized carbons (Fsp3) is 0.360. The monoisotopic (exact) mass is 472 g/mol. The number of esters is 1. The van der Waals surface area contributed by atoms with Crippen molar-refractivity contribution in [1.29, 1.82) is 0 Å². The molecule has 0 aromatic carbocycles. The molecule has 0 saturated heterocycles. The maximum absolute atomic E-state index is 12.4. The number of hydrogen-bond acceptors (Lipinski definition) is 8. The molecule has 1 fully saturated rings. The normalized spacial score (nSPS) is 13.1. The van der Waals surface area contributed by atoms with Gasteiger partial charge in [-0.25, -0.2) is 24.1 Å². The Labute approximate surface area is 203 Å². The van der Waals surface area contributed by atoms with Gasteiger partial charge < -0.3 is 10.1 Å². The first-order valence-electron chi connectivity index (χ1n) is 11.8. The first-order valence-corrected chi connectivity index (χ1v) is 11.8. The van der Waals surface area contributed by atoms with Gasteiger partial charge in [0.15, 0.2) is 5.82 Å². The predicted molar refractivity (Wildman–Crippen MR) is 131 cm³/mol. The Morgan fingerprint density at radius 3 is 2.63 bits per heavy atom. The molecule has 180 valence electrons. The van der Waals surface area contributed by atoms with E-state index >= 15 is 0 Å². The van der Waals surface area contributed by atoms with Crippen molar-refractivity contribution in [3.8, 4) is 17.1 Å². The third kappa shape index (κ3) is 4.51. The van der Waals surface area contributed by atoms with E-state index < -0.39 is 0 Å². The van der Waals surface area contributed by atoms with Gasteiger partial charge >= 0.3 is 5.97 Å². The van der Waals surface area contributed by atoms with Gasteiger partial charge in [-0.3, -0.25) is 4.98 Å². The summed E-state index contributed by atoms with van der Waals surface area (Å²) in [6, 6.07) is 5.75. The van der Waals surface area contributed by atoms with Crippen LogP contribution in [0.2, 0.25) is 0 Å². The molecule has 0 aliphatic heterocycles. The first kappa shape index (κ1) is 22.7. The highest BCUT2D eigenvalue weighted by atomic mass is 16.5. The average Bonchev–Trinajstić information content (AvgIpc) is 3.56. The summed E-state index contributed by atoms with van der Waals surface area (Å²) >= 11 is 0. The second-order valence-electron chi connectivity index (χ2n) is 8.75. The van der Waals surface area contributed by atoms with Gasteiger partial charge in [-0.1, -0.05) is 0 Å². The van der Waals surface area contributed by atoms with Crippen LogP contribution in [0, 0.1) is 26.7 Å². The van der Waals surface area contributed by atoms with Crippen LogP contribution in [0.1, 0.15) is 47.1 Å². The Morgan fingerprint density at radius 2 is 1.91 bits per heavy atom. The van der Waals surface area contributed by atoms with Gasteiger partial charge in [-0.05, 0) is 58.6 Å². The molecule has 10 heteroatoms. The van der Waals surface area contributed by atoms with Crippen LogP contribution in [0.15, 0.2) is 36.9 Å². The number of ether oxygens (including phenoxy) is 1. The number of rotatable bonds is 8. The van der Waals surface area contributed by atoms with E-state index in [0.717, 1.165) is 29.2 Å². The molecule has 0 bridgehead atoms. The molecule has 4 heterocycles. The van der Waals surface area contributed by atoms with Crippen molar-refractivity contribution in [2.45, 2.75) is 47.1 Å². The fourth-order valence-corrected chi connectivity index (χ4v) is 4.19. The largest absolute Gasteiger partial charge is 0.462 e. The zero-order valence-corrected chi connectivity index (χ0v) is 20.3. The predicted octanol–water partition coefficient (Wildman–Crippen LogP) is 4.18. The van der Waals surface area contributed by atoms with Gasteiger partial charge in [0.1, 0.15) is 23.5 Å². The zero-order valence-electron chi connectivity index (χ0n) is 20.3. The molecule has 0 atom stereocenters. The summed E-state index contributed by atoms with van der Waals surface area (Å²) in [5.41, 5.74) is 4.69. The zero-order chi connectivity index (χ0) is 24.5. The highest BCUT2D eigenvalue weighted by Gasteiger charge is 2.26. The maximum Gasteiger partial charge on any atom is 0.341 e. The molecule has 1 saturated carbocycles.